The van der Waals surface area contributed by atoms with Crippen LogP contribution in [0, 0.1) is 34.5 Å². The molecule has 0 amide bonds. The van der Waals surface area contributed by atoms with Gasteiger partial charge in [-0.1, -0.05) is 25.0 Å². The second kappa shape index (κ2) is 4.85. The molecule has 4 fully saturated rings. The molecule has 1 unspecified atom stereocenters. The van der Waals surface area contributed by atoms with E-state index in [0.29, 0.717) is 11.3 Å². The molecular weight excluding hydrogens is 284 g/mol. The largest absolute Gasteiger partial charge is 0.393 e. The minimum Gasteiger partial charge on any atom is -0.393 e. The van der Waals surface area contributed by atoms with Crippen LogP contribution < -0.4 is 0 Å². The molecule has 1 spiro atoms. The lowest BCUT2D eigenvalue weighted by Gasteiger charge is -2.61. The number of allylic oxidation sites excluding steroid dienone is 1. The summed E-state index contributed by atoms with van der Waals surface area (Å²) in [7, 11) is 0. The van der Waals surface area contributed by atoms with Gasteiger partial charge >= 0.3 is 0 Å². The molecule has 0 radical (unpaired) electrons. The first kappa shape index (κ1) is 15.0. The molecule has 5 aliphatic carbocycles. The van der Waals surface area contributed by atoms with Crippen molar-refractivity contribution in [1.82, 2.24) is 0 Å². The molecule has 0 aliphatic heterocycles. The van der Waals surface area contributed by atoms with Crippen LogP contribution in [-0.4, -0.2) is 22.4 Å². The van der Waals surface area contributed by atoms with Crippen LogP contribution >= 0.6 is 0 Å². The summed E-state index contributed by atoms with van der Waals surface area (Å²) < 4.78 is 0. The van der Waals surface area contributed by atoms with E-state index < -0.39 is 0 Å². The van der Waals surface area contributed by atoms with E-state index in [1.807, 2.05) is 0 Å². The molecule has 0 heterocycles. The Labute approximate surface area is 140 Å². The molecule has 2 heteroatoms. The highest BCUT2D eigenvalue weighted by atomic mass is 16.3. The second-order valence-electron chi connectivity index (χ2n) is 9.76. The van der Waals surface area contributed by atoms with Crippen LogP contribution in [0.2, 0.25) is 0 Å². The van der Waals surface area contributed by atoms with Gasteiger partial charge in [0.25, 0.3) is 0 Å². The highest BCUT2D eigenvalue weighted by Crippen LogP contribution is 2.67. The van der Waals surface area contributed by atoms with Crippen LogP contribution in [-0.2, 0) is 0 Å². The summed E-state index contributed by atoms with van der Waals surface area (Å²) >= 11 is 0. The molecule has 2 nitrogen and oxygen atoms in total. The predicted octanol–water partition coefficient (Wildman–Crippen LogP) is 4.06. The van der Waals surface area contributed by atoms with Gasteiger partial charge in [-0.05, 0) is 92.3 Å². The molecule has 5 rings (SSSR count). The number of rotatable bonds is 0. The Morgan fingerprint density at radius 3 is 2.78 bits per heavy atom. The summed E-state index contributed by atoms with van der Waals surface area (Å²) in [6.07, 6.45) is 14.6. The predicted molar refractivity (Wildman–Crippen MR) is 90.8 cm³/mol. The molecule has 0 aromatic heterocycles. The molecule has 0 aromatic rings. The van der Waals surface area contributed by atoms with Gasteiger partial charge in [-0.15, -0.1) is 0 Å². The molecule has 5 aliphatic rings. The third-order valence-electron chi connectivity index (χ3n) is 9.17. The third-order valence-corrected chi connectivity index (χ3v) is 9.17. The summed E-state index contributed by atoms with van der Waals surface area (Å²) in [6, 6.07) is 0. The van der Waals surface area contributed by atoms with Crippen molar-refractivity contribution >= 4 is 0 Å². The number of aliphatic hydroxyl groups is 2. The highest BCUT2D eigenvalue weighted by molar-refractivity contribution is 5.28. The van der Waals surface area contributed by atoms with E-state index in [1.165, 1.54) is 51.4 Å². The van der Waals surface area contributed by atoms with Crippen molar-refractivity contribution in [1.29, 1.82) is 0 Å². The smallest absolute Gasteiger partial charge is 0.0605 e. The van der Waals surface area contributed by atoms with Gasteiger partial charge in [0, 0.05) is 0 Å². The molecule has 0 aromatic carbocycles. The maximum Gasteiger partial charge on any atom is 0.0605 e. The summed E-state index contributed by atoms with van der Waals surface area (Å²) in [4.78, 5) is 0. The van der Waals surface area contributed by atoms with Crippen molar-refractivity contribution in [2.45, 2.75) is 83.3 Å². The first-order chi connectivity index (χ1) is 11.0. The number of fused-ring (bicyclic) bond motifs is 4. The van der Waals surface area contributed by atoms with Gasteiger partial charge in [-0.25, -0.2) is 0 Å². The fourth-order valence-electron chi connectivity index (χ4n) is 7.98. The second-order valence-corrected chi connectivity index (χ2v) is 9.76. The van der Waals surface area contributed by atoms with E-state index in [-0.39, 0.29) is 17.6 Å². The lowest BCUT2D eigenvalue weighted by atomic mass is 9.44. The Kier molecular flexibility index (Phi) is 3.15. The topological polar surface area (TPSA) is 40.5 Å². The van der Waals surface area contributed by atoms with Crippen molar-refractivity contribution in [3.05, 3.63) is 11.6 Å². The SMILES string of the molecule is C[C@]12CC[C@H]3[C@@H](CC=C4C[C@@H](O)C5CCC[C@]43C5)[C@@H]1CC[C@@H]2O. The monoisotopic (exact) mass is 316 g/mol. The van der Waals surface area contributed by atoms with Crippen molar-refractivity contribution < 1.29 is 10.2 Å². The fraction of sp³-hybridized carbons (Fsp3) is 0.905. The Hall–Kier alpha value is -0.340. The van der Waals surface area contributed by atoms with Gasteiger partial charge in [0.15, 0.2) is 0 Å². The van der Waals surface area contributed by atoms with Gasteiger partial charge in [-0.3, -0.25) is 0 Å². The van der Waals surface area contributed by atoms with Crippen molar-refractivity contribution in [3.8, 4) is 0 Å². The molecule has 2 bridgehead atoms. The lowest BCUT2D eigenvalue weighted by molar-refractivity contribution is -0.0988. The molecule has 128 valence electrons. The lowest BCUT2D eigenvalue weighted by Crippen LogP contribution is -2.54. The zero-order valence-electron chi connectivity index (χ0n) is 14.5. The molecular formula is C21H32O2. The summed E-state index contributed by atoms with van der Waals surface area (Å²) in [5.41, 5.74) is 2.25. The van der Waals surface area contributed by atoms with Crippen LogP contribution in [0.15, 0.2) is 11.6 Å². The minimum absolute atomic E-state index is 0.0661. The fourth-order valence-corrected chi connectivity index (χ4v) is 7.98. The third kappa shape index (κ3) is 1.83. The van der Waals surface area contributed by atoms with Crippen LogP contribution in [0.3, 0.4) is 0 Å². The van der Waals surface area contributed by atoms with Gasteiger partial charge < -0.3 is 10.2 Å². The maximum atomic E-state index is 10.6. The summed E-state index contributed by atoms with van der Waals surface area (Å²) in [5, 5.41) is 21.1. The van der Waals surface area contributed by atoms with Crippen LogP contribution in [0.25, 0.3) is 0 Å². The Bertz CT molecular complexity index is 540. The first-order valence-corrected chi connectivity index (χ1v) is 10.1. The first-order valence-electron chi connectivity index (χ1n) is 10.1. The van der Waals surface area contributed by atoms with Crippen LogP contribution in [0.5, 0.6) is 0 Å². The normalized spacial score (nSPS) is 58.0. The van der Waals surface area contributed by atoms with Gasteiger partial charge in [-0.2, -0.15) is 0 Å². The Balaban J connectivity index is 1.54. The quantitative estimate of drug-likeness (QED) is 0.662. The van der Waals surface area contributed by atoms with E-state index in [9.17, 15) is 10.2 Å². The van der Waals surface area contributed by atoms with Gasteiger partial charge in [0.05, 0.1) is 12.2 Å². The van der Waals surface area contributed by atoms with Crippen LogP contribution in [0.4, 0.5) is 0 Å². The number of hydrogen-bond donors (Lipinski definition) is 2. The zero-order valence-corrected chi connectivity index (χ0v) is 14.5. The van der Waals surface area contributed by atoms with Gasteiger partial charge in [0.2, 0.25) is 0 Å². The van der Waals surface area contributed by atoms with Crippen molar-refractivity contribution in [3.63, 3.8) is 0 Å². The van der Waals surface area contributed by atoms with E-state index in [4.69, 9.17) is 0 Å². The van der Waals surface area contributed by atoms with Crippen molar-refractivity contribution in [2.24, 2.45) is 34.5 Å². The molecule has 2 N–H and O–H groups in total. The number of aliphatic hydroxyl groups excluding tert-OH is 2. The van der Waals surface area contributed by atoms with Crippen LogP contribution in [0.1, 0.15) is 71.1 Å². The van der Waals surface area contributed by atoms with E-state index in [2.05, 4.69) is 13.0 Å². The van der Waals surface area contributed by atoms with Gasteiger partial charge in [0.1, 0.15) is 0 Å². The summed E-state index contributed by atoms with van der Waals surface area (Å²) in [6.45, 7) is 2.37. The van der Waals surface area contributed by atoms with E-state index >= 15 is 0 Å². The molecule has 23 heavy (non-hydrogen) atoms. The Morgan fingerprint density at radius 2 is 1.91 bits per heavy atom. The van der Waals surface area contributed by atoms with E-state index in [0.717, 1.165) is 30.6 Å². The summed E-state index contributed by atoms with van der Waals surface area (Å²) in [5.74, 6) is 2.92. The molecule has 4 saturated carbocycles. The van der Waals surface area contributed by atoms with E-state index in [1.54, 1.807) is 5.57 Å². The maximum absolute atomic E-state index is 10.6. The average Bonchev–Trinajstić information content (AvgIpc) is 2.85. The molecule has 8 atom stereocenters. The Morgan fingerprint density at radius 1 is 1.04 bits per heavy atom. The van der Waals surface area contributed by atoms with Crippen molar-refractivity contribution in [2.75, 3.05) is 0 Å². The standard InChI is InChI=1S/C21H32O2/c1-20-10-8-17-15(16(20)6-7-19(20)23)5-4-14-11-18(22)13-3-2-9-21(14,17)12-13/h4,13,15-19,22-23H,2-3,5-12H2,1H3/t13?,15-,16-,17-,18+,19-,20-,21-/m0/s1. The molecule has 0 saturated heterocycles. The number of hydrogen-bond acceptors (Lipinski definition) is 2. The zero-order chi connectivity index (χ0) is 15.8. The minimum atomic E-state index is -0.0756. The average molecular weight is 316 g/mol. The highest BCUT2D eigenvalue weighted by Gasteiger charge is 2.60.